The number of aldehydes is 1. The molecule has 7 nitrogen and oxygen atoms in total. The van der Waals surface area contributed by atoms with Crippen LogP contribution in [0.5, 0.6) is 5.75 Å². The number of carbonyl (C=O) groups excluding carboxylic acids is 2. The Morgan fingerprint density at radius 1 is 1.48 bits per heavy atom. The molecule has 0 spiro atoms. The molecule has 0 fully saturated rings. The number of hydrogen-bond donors (Lipinski definition) is 3. The van der Waals surface area contributed by atoms with Crippen LogP contribution >= 0.6 is 11.3 Å². The third kappa shape index (κ3) is 5.57. The molecule has 1 amide bonds. The van der Waals surface area contributed by atoms with Gasteiger partial charge >= 0.3 is 6.36 Å². The summed E-state index contributed by atoms with van der Waals surface area (Å²) in [6, 6.07) is 2.22. The van der Waals surface area contributed by atoms with Gasteiger partial charge in [0.1, 0.15) is 18.1 Å². The van der Waals surface area contributed by atoms with Crippen LogP contribution in [0.4, 0.5) is 18.3 Å². The van der Waals surface area contributed by atoms with Gasteiger partial charge in [0.05, 0.1) is 16.3 Å². The lowest BCUT2D eigenvalue weighted by Crippen LogP contribution is -2.47. The lowest BCUT2D eigenvalue weighted by atomic mass is 10.2. The summed E-state index contributed by atoms with van der Waals surface area (Å²) < 4.78 is 41.0. The summed E-state index contributed by atoms with van der Waals surface area (Å²) >= 11 is 1.09. The van der Waals surface area contributed by atoms with Crippen LogP contribution in [-0.4, -0.2) is 42.2 Å². The maximum Gasteiger partial charge on any atom is 0.573 e. The number of halogens is 3. The van der Waals surface area contributed by atoms with Crippen LogP contribution in [0.1, 0.15) is 6.92 Å². The van der Waals surface area contributed by atoms with Crippen molar-refractivity contribution in [2.75, 3.05) is 11.9 Å². The van der Waals surface area contributed by atoms with Gasteiger partial charge in [0.2, 0.25) is 5.91 Å². The molecule has 1 aromatic carbocycles. The van der Waals surface area contributed by atoms with Crippen LogP contribution < -0.4 is 21.1 Å². The number of rotatable bonds is 7. The average Bonchev–Trinajstić information content (AvgIpc) is 2.91. The fraction of sp³-hybridized carbons (Fsp3) is 0.357. The largest absolute Gasteiger partial charge is 0.573 e. The van der Waals surface area contributed by atoms with Crippen LogP contribution in [0.25, 0.3) is 10.2 Å². The summed E-state index contributed by atoms with van der Waals surface area (Å²) in [7, 11) is 0. The second kappa shape index (κ2) is 7.66. The Kier molecular flexibility index (Phi) is 5.80. The number of nitrogens with zero attached hydrogens (tertiary/aromatic N) is 1. The van der Waals surface area contributed by atoms with Crippen LogP contribution in [0.2, 0.25) is 0 Å². The molecule has 1 heterocycles. The number of benzene rings is 1. The SMILES string of the molecule is C[C@H](N)C(=O)N[C@H](C=O)CNc1nc2ccc(OC(F)(F)F)cc2s1. The van der Waals surface area contributed by atoms with Crippen LogP contribution in [0, 0.1) is 0 Å². The van der Waals surface area contributed by atoms with E-state index in [0.29, 0.717) is 21.6 Å². The summed E-state index contributed by atoms with van der Waals surface area (Å²) in [6.07, 6.45) is -4.22. The highest BCUT2D eigenvalue weighted by Crippen LogP contribution is 2.31. The summed E-state index contributed by atoms with van der Waals surface area (Å²) in [5.41, 5.74) is 5.88. The van der Waals surface area contributed by atoms with E-state index in [-0.39, 0.29) is 12.3 Å². The molecule has 0 radical (unpaired) electrons. The van der Waals surface area contributed by atoms with E-state index >= 15 is 0 Å². The van der Waals surface area contributed by atoms with Gasteiger partial charge in [-0.25, -0.2) is 4.98 Å². The molecule has 0 saturated heterocycles. The Morgan fingerprint density at radius 2 is 2.20 bits per heavy atom. The van der Waals surface area contributed by atoms with Gasteiger partial charge in [-0.1, -0.05) is 11.3 Å². The molecule has 2 atom stereocenters. The Hall–Kier alpha value is -2.40. The lowest BCUT2D eigenvalue weighted by molar-refractivity contribution is -0.274. The molecule has 0 saturated carbocycles. The number of carbonyl (C=O) groups is 2. The van der Waals surface area contributed by atoms with E-state index in [1.165, 1.54) is 19.1 Å². The second-order valence-corrected chi connectivity index (χ2v) is 6.15. The third-order valence-corrected chi connectivity index (χ3v) is 3.95. The Balaban J connectivity index is 2.03. The first-order chi connectivity index (χ1) is 11.7. The van der Waals surface area contributed by atoms with Crippen LogP contribution in [0.3, 0.4) is 0 Å². The minimum atomic E-state index is -4.77. The topological polar surface area (TPSA) is 106 Å². The fourth-order valence-electron chi connectivity index (χ4n) is 1.82. The molecule has 136 valence electrons. The van der Waals surface area contributed by atoms with Crippen molar-refractivity contribution in [3.8, 4) is 5.75 Å². The number of nitrogens with two attached hydrogens (primary N) is 1. The first kappa shape index (κ1) is 18.9. The van der Waals surface area contributed by atoms with E-state index in [2.05, 4.69) is 20.4 Å². The summed E-state index contributed by atoms with van der Waals surface area (Å²) in [6.45, 7) is 1.55. The molecule has 0 bridgehead atoms. The Labute approximate surface area is 144 Å². The van der Waals surface area contributed by atoms with Crippen LogP contribution in [-0.2, 0) is 9.59 Å². The molecular weight excluding hydrogens is 361 g/mol. The maximum atomic E-state index is 12.2. The van der Waals surface area contributed by atoms with Crippen LogP contribution in [0.15, 0.2) is 18.2 Å². The predicted molar refractivity (Wildman–Crippen MR) is 86.4 cm³/mol. The number of ether oxygens (including phenoxy) is 1. The van der Waals surface area contributed by atoms with Crippen molar-refractivity contribution in [1.29, 1.82) is 0 Å². The molecule has 11 heteroatoms. The highest BCUT2D eigenvalue weighted by atomic mass is 32.1. The first-order valence-electron chi connectivity index (χ1n) is 7.09. The summed E-state index contributed by atoms with van der Waals surface area (Å²) in [5.74, 6) is -0.817. The molecule has 0 aliphatic heterocycles. The Bertz CT molecular complexity index is 763. The normalized spacial score (nSPS) is 14.0. The minimum Gasteiger partial charge on any atom is -0.406 e. The van der Waals surface area contributed by atoms with Crippen molar-refractivity contribution in [2.45, 2.75) is 25.4 Å². The molecule has 2 aromatic rings. The molecule has 0 aliphatic carbocycles. The predicted octanol–water partition coefficient (Wildman–Crippen LogP) is 1.64. The fourth-order valence-corrected chi connectivity index (χ4v) is 2.72. The van der Waals surface area contributed by atoms with Crippen molar-refractivity contribution >= 4 is 38.9 Å². The van der Waals surface area contributed by atoms with Gasteiger partial charge < -0.3 is 25.9 Å². The first-order valence-corrected chi connectivity index (χ1v) is 7.91. The molecule has 2 rings (SSSR count). The summed E-state index contributed by atoms with van der Waals surface area (Å²) in [4.78, 5) is 26.7. The van der Waals surface area contributed by atoms with Crippen molar-refractivity contribution in [1.82, 2.24) is 10.3 Å². The average molecular weight is 376 g/mol. The van der Waals surface area contributed by atoms with Crippen molar-refractivity contribution in [3.63, 3.8) is 0 Å². The number of alkyl halides is 3. The van der Waals surface area contributed by atoms with E-state index in [1.807, 2.05) is 0 Å². The van der Waals surface area contributed by atoms with Gasteiger partial charge in [-0.3, -0.25) is 4.79 Å². The molecular formula is C14H15F3N4O3S. The standard InChI is InChI=1S/C14H15F3N4O3S/c1-7(18)12(23)20-8(6-22)5-19-13-21-10-3-2-9(4-11(10)25-13)24-14(15,16)17/h2-4,6-8H,5,18H2,1H3,(H,19,21)(H,20,23)/t7-,8-/m0/s1. The van der Waals surface area contributed by atoms with Crippen molar-refractivity contribution in [2.24, 2.45) is 5.73 Å². The van der Waals surface area contributed by atoms with E-state index in [1.54, 1.807) is 0 Å². The van der Waals surface area contributed by atoms with Gasteiger partial charge in [0.25, 0.3) is 0 Å². The van der Waals surface area contributed by atoms with Crippen molar-refractivity contribution < 1.29 is 27.5 Å². The van der Waals surface area contributed by atoms with Gasteiger partial charge in [-0.15, -0.1) is 13.2 Å². The number of nitrogens with one attached hydrogen (secondary N) is 2. The second-order valence-electron chi connectivity index (χ2n) is 5.12. The highest BCUT2D eigenvalue weighted by Gasteiger charge is 2.31. The van der Waals surface area contributed by atoms with E-state index < -0.39 is 24.4 Å². The highest BCUT2D eigenvalue weighted by molar-refractivity contribution is 7.22. The van der Waals surface area contributed by atoms with Gasteiger partial charge in [-0.2, -0.15) is 0 Å². The van der Waals surface area contributed by atoms with Gasteiger partial charge in [0.15, 0.2) is 5.13 Å². The zero-order valence-corrected chi connectivity index (χ0v) is 13.8. The number of amides is 1. The quantitative estimate of drug-likeness (QED) is 0.635. The molecule has 1 aromatic heterocycles. The number of hydrogen-bond acceptors (Lipinski definition) is 7. The van der Waals surface area contributed by atoms with Gasteiger partial charge in [-0.05, 0) is 19.1 Å². The van der Waals surface area contributed by atoms with E-state index in [0.717, 1.165) is 17.4 Å². The number of anilines is 1. The molecule has 25 heavy (non-hydrogen) atoms. The third-order valence-electron chi connectivity index (χ3n) is 2.97. The smallest absolute Gasteiger partial charge is 0.406 e. The van der Waals surface area contributed by atoms with E-state index in [9.17, 15) is 22.8 Å². The molecule has 4 N–H and O–H groups in total. The minimum absolute atomic E-state index is 0.0632. The summed E-state index contributed by atoms with van der Waals surface area (Å²) in [5, 5.41) is 5.69. The Morgan fingerprint density at radius 3 is 2.80 bits per heavy atom. The number of fused-ring (bicyclic) bond motifs is 1. The lowest BCUT2D eigenvalue weighted by Gasteiger charge is -2.14. The molecule has 0 unspecified atom stereocenters. The van der Waals surface area contributed by atoms with E-state index in [4.69, 9.17) is 5.73 Å². The zero-order chi connectivity index (χ0) is 18.6. The van der Waals surface area contributed by atoms with Crippen molar-refractivity contribution in [3.05, 3.63) is 18.2 Å². The maximum absolute atomic E-state index is 12.2. The molecule has 0 aliphatic rings. The number of thiazole rings is 1. The zero-order valence-electron chi connectivity index (χ0n) is 13.0. The van der Waals surface area contributed by atoms with Gasteiger partial charge in [0, 0.05) is 12.6 Å². The monoisotopic (exact) mass is 376 g/mol. The number of aromatic nitrogens is 1.